The van der Waals surface area contributed by atoms with Gasteiger partial charge in [-0.15, -0.1) is 0 Å². The topological polar surface area (TPSA) is 82.1 Å². The summed E-state index contributed by atoms with van der Waals surface area (Å²) in [6, 6.07) is 7.24. The minimum Gasteiger partial charge on any atom is -0.540 e. The second-order valence-electron chi connectivity index (χ2n) is 7.65. The highest BCUT2D eigenvalue weighted by Gasteiger charge is 2.35. The molecule has 1 saturated heterocycles. The summed E-state index contributed by atoms with van der Waals surface area (Å²) in [5, 5.41) is 0.552. The van der Waals surface area contributed by atoms with E-state index in [1.54, 1.807) is 12.1 Å². The molecule has 0 aromatic heterocycles. The van der Waals surface area contributed by atoms with Crippen LogP contribution in [-0.4, -0.2) is 32.8 Å². The van der Waals surface area contributed by atoms with Gasteiger partial charge in [-0.1, -0.05) is 51.8 Å². The number of rotatable bonds is 8. The molecule has 1 aliphatic rings. The van der Waals surface area contributed by atoms with Crippen LogP contribution in [0.4, 0.5) is 4.79 Å². The van der Waals surface area contributed by atoms with E-state index in [0.717, 1.165) is 11.3 Å². The van der Waals surface area contributed by atoms with Gasteiger partial charge in [0.2, 0.25) is 0 Å². The summed E-state index contributed by atoms with van der Waals surface area (Å²) in [7, 11) is 0.331. The third-order valence-electron chi connectivity index (χ3n) is 5.24. The fourth-order valence-electron chi connectivity index (χ4n) is 2.63. The van der Waals surface area contributed by atoms with Gasteiger partial charge < -0.3 is 9.16 Å². The molecule has 0 unspecified atom stereocenters. The van der Waals surface area contributed by atoms with Crippen molar-refractivity contribution in [3.05, 3.63) is 29.8 Å². The van der Waals surface area contributed by atoms with E-state index in [0.29, 0.717) is 26.7 Å². The van der Waals surface area contributed by atoms with Crippen LogP contribution in [0, 0.1) is 11.8 Å². The molecule has 0 spiro atoms. The molecule has 1 fully saturated rings. The van der Waals surface area contributed by atoms with Crippen LogP contribution < -0.4 is 4.43 Å². The second-order valence-corrected chi connectivity index (χ2v) is 9.14. The molecule has 1 aliphatic heterocycles. The van der Waals surface area contributed by atoms with Crippen LogP contribution in [0.2, 0.25) is 5.04 Å². The summed E-state index contributed by atoms with van der Waals surface area (Å²) in [6.45, 7) is 11.0. The third kappa shape index (κ3) is 5.34. The van der Waals surface area contributed by atoms with E-state index >= 15 is 0 Å². The lowest BCUT2D eigenvalue weighted by Gasteiger charge is -2.35. The molecular weight excluding hydrogens is 378 g/mol. The van der Waals surface area contributed by atoms with E-state index in [1.807, 2.05) is 12.1 Å². The van der Waals surface area contributed by atoms with Gasteiger partial charge in [-0.25, -0.2) is 4.79 Å². The average molecular weight is 406 g/mol. The lowest BCUT2D eigenvalue weighted by molar-refractivity contribution is -0.177. The van der Waals surface area contributed by atoms with Crippen LogP contribution in [0.3, 0.4) is 0 Å². The molecule has 8 heteroatoms. The van der Waals surface area contributed by atoms with Crippen molar-refractivity contribution in [1.29, 1.82) is 0 Å². The number of hydrogen-bond acceptors (Lipinski definition) is 6. The highest BCUT2D eigenvalue weighted by molar-refractivity contribution is 6.33. The first-order valence-electron chi connectivity index (χ1n) is 9.37. The van der Waals surface area contributed by atoms with Gasteiger partial charge in [-0.3, -0.25) is 14.4 Å². The average Bonchev–Trinajstić information content (AvgIpc) is 2.96. The second kappa shape index (κ2) is 9.23. The maximum atomic E-state index is 11.7. The third-order valence-corrected chi connectivity index (χ3v) is 7.17. The van der Waals surface area contributed by atoms with Crippen molar-refractivity contribution >= 4 is 27.7 Å². The molecule has 7 nitrogen and oxygen atoms in total. The Morgan fingerprint density at radius 2 is 1.61 bits per heavy atom. The van der Waals surface area contributed by atoms with Crippen LogP contribution in [0.5, 0.6) is 5.75 Å². The summed E-state index contributed by atoms with van der Waals surface area (Å²) < 4.78 is 11.0. The summed E-state index contributed by atoms with van der Waals surface area (Å²) in [5.41, 5.74) is 0.738. The molecule has 2 amide bonds. The van der Waals surface area contributed by atoms with Crippen molar-refractivity contribution in [3.63, 3.8) is 0 Å². The lowest BCUT2D eigenvalue weighted by atomic mass is 9.86. The Morgan fingerprint density at radius 1 is 1.07 bits per heavy atom. The molecule has 1 aromatic rings. The number of carbonyl (C=O) groups is 3. The van der Waals surface area contributed by atoms with E-state index in [9.17, 15) is 14.4 Å². The molecule has 0 aliphatic carbocycles. The maximum absolute atomic E-state index is 11.7. The number of benzene rings is 1. The predicted octanol–water partition coefficient (Wildman–Crippen LogP) is 3.89. The molecule has 2 radical (unpaired) electrons. The van der Waals surface area contributed by atoms with Gasteiger partial charge in [0.15, 0.2) is 0 Å². The molecule has 1 heterocycles. The van der Waals surface area contributed by atoms with E-state index in [-0.39, 0.29) is 24.5 Å². The van der Waals surface area contributed by atoms with Gasteiger partial charge in [-0.05, 0) is 29.5 Å². The Bertz CT molecular complexity index is 692. The van der Waals surface area contributed by atoms with Crippen molar-refractivity contribution < 1.29 is 28.4 Å². The SMILES string of the molecule is CC(C)C(C)([Si]Oc1ccc(COC(=O)ON2C(=O)CCC2=O)cc1)C(C)C. The van der Waals surface area contributed by atoms with Crippen LogP contribution in [0.1, 0.15) is 53.0 Å². The molecule has 28 heavy (non-hydrogen) atoms. The minimum absolute atomic E-state index is 0.0344. The zero-order valence-electron chi connectivity index (χ0n) is 17.0. The van der Waals surface area contributed by atoms with Crippen LogP contribution in [-0.2, 0) is 25.8 Å². The summed E-state index contributed by atoms with van der Waals surface area (Å²) in [6.07, 6.45) is -1.00. The lowest BCUT2D eigenvalue weighted by Crippen LogP contribution is -2.32. The minimum atomic E-state index is -1.09. The highest BCUT2D eigenvalue weighted by Crippen LogP contribution is 2.42. The molecular formula is C20H27NO6Si. The van der Waals surface area contributed by atoms with Gasteiger partial charge in [0.1, 0.15) is 12.4 Å². The Kier molecular flexibility index (Phi) is 7.23. The fraction of sp³-hybridized carbons (Fsp3) is 0.550. The number of ether oxygens (including phenoxy) is 1. The summed E-state index contributed by atoms with van der Waals surface area (Å²) >= 11 is 0. The van der Waals surface area contributed by atoms with E-state index in [1.165, 1.54) is 0 Å². The van der Waals surface area contributed by atoms with Gasteiger partial charge in [0.25, 0.3) is 11.8 Å². The van der Waals surface area contributed by atoms with Gasteiger partial charge in [0.05, 0.1) is 0 Å². The first kappa shape index (κ1) is 21.9. The number of hydrogen-bond donors (Lipinski definition) is 0. The van der Waals surface area contributed by atoms with Gasteiger partial charge in [0, 0.05) is 17.9 Å². The van der Waals surface area contributed by atoms with Gasteiger partial charge >= 0.3 is 15.9 Å². The van der Waals surface area contributed by atoms with Crippen molar-refractivity contribution in [1.82, 2.24) is 5.06 Å². The quantitative estimate of drug-likeness (QED) is 0.371. The van der Waals surface area contributed by atoms with E-state index < -0.39 is 18.0 Å². The highest BCUT2D eigenvalue weighted by atomic mass is 28.2. The molecule has 0 saturated carbocycles. The Labute approximate surface area is 168 Å². The standard InChI is InChI=1S/C20H27NO6Si/c1-13(2)20(5,14(3)4)28-27-16-8-6-15(7-9-16)12-25-19(24)26-21-17(22)10-11-18(21)23/h6-9,13-14H,10-12H2,1-5H3. The molecule has 0 N–H and O–H groups in total. The number of nitrogens with zero attached hydrogens (tertiary/aromatic N) is 1. The summed E-state index contributed by atoms with van der Waals surface area (Å²) in [4.78, 5) is 39.1. The number of carbonyl (C=O) groups excluding carboxylic acids is 3. The van der Waals surface area contributed by atoms with E-state index in [4.69, 9.17) is 9.16 Å². The molecule has 0 atom stereocenters. The van der Waals surface area contributed by atoms with Crippen molar-refractivity contribution in [2.75, 3.05) is 0 Å². The Hall–Kier alpha value is -2.35. The maximum Gasteiger partial charge on any atom is 0.534 e. The van der Waals surface area contributed by atoms with Crippen LogP contribution in [0.25, 0.3) is 0 Å². The monoisotopic (exact) mass is 405 g/mol. The van der Waals surface area contributed by atoms with E-state index in [2.05, 4.69) is 39.5 Å². The number of imide groups is 1. The predicted molar refractivity (Wildman–Crippen MR) is 103 cm³/mol. The molecule has 1 aromatic carbocycles. The zero-order valence-corrected chi connectivity index (χ0v) is 18.0. The van der Waals surface area contributed by atoms with Crippen LogP contribution in [0.15, 0.2) is 24.3 Å². The van der Waals surface area contributed by atoms with Gasteiger partial charge in [-0.2, -0.15) is 0 Å². The van der Waals surface area contributed by atoms with Crippen molar-refractivity contribution in [3.8, 4) is 5.75 Å². The Morgan fingerprint density at radius 3 is 2.11 bits per heavy atom. The number of hydroxylamine groups is 2. The van der Waals surface area contributed by atoms with Crippen LogP contribution >= 0.6 is 0 Å². The fourth-order valence-corrected chi connectivity index (χ4v) is 3.57. The van der Waals surface area contributed by atoms with Crippen molar-refractivity contribution in [2.45, 2.75) is 59.1 Å². The molecule has 0 bridgehead atoms. The smallest absolute Gasteiger partial charge is 0.534 e. The number of amides is 2. The first-order valence-corrected chi connectivity index (χ1v) is 10.3. The first-order chi connectivity index (χ1) is 13.1. The largest absolute Gasteiger partial charge is 0.540 e. The van der Waals surface area contributed by atoms with Crippen molar-refractivity contribution in [2.24, 2.45) is 11.8 Å². The molecule has 2 rings (SSSR count). The zero-order chi connectivity index (χ0) is 20.9. The normalized spacial score (nSPS) is 14.8. The Balaban J connectivity index is 1.83. The molecule has 152 valence electrons. The summed E-state index contributed by atoms with van der Waals surface area (Å²) in [5.74, 6) is 0.668.